The molecule has 5 rings (SSSR count). The van der Waals surface area contributed by atoms with Crippen molar-refractivity contribution in [3.63, 3.8) is 0 Å². The van der Waals surface area contributed by atoms with E-state index in [1.165, 1.54) is 0 Å². The van der Waals surface area contributed by atoms with Crippen molar-refractivity contribution in [1.82, 2.24) is 19.5 Å². The molecular weight excluding hydrogens is 570 g/mol. The monoisotopic (exact) mass is 607 g/mol. The lowest BCUT2D eigenvalue weighted by Gasteiger charge is -2.35. The second kappa shape index (κ2) is 14.2. The zero-order valence-electron chi connectivity index (χ0n) is 23.4. The fraction of sp³-hybridized carbons (Fsp3) is 0.387. The van der Waals surface area contributed by atoms with Gasteiger partial charge in [-0.05, 0) is 65.4 Å². The Bertz CT molecular complexity index is 1390. The lowest BCUT2D eigenvalue weighted by molar-refractivity contribution is -0.140. The minimum Gasteiger partial charge on any atom is -0.507 e. The summed E-state index contributed by atoms with van der Waals surface area (Å²) in [5.74, 6) is 2.01. The number of aromatic nitrogens is 3. The fourth-order valence-corrected chi connectivity index (χ4v) is 5.28. The third-order valence-corrected chi connectivity index (χ3v) is 7.42. The summed E-state index contributed by atoms with van der Waals surface area (Å²) in [5.41, 5.74) is 1.97. The molecule has 1 fully saturated rings. The van der Waals surface area contributed by atoms with Gasteiger partial charge in [0, 0.05) is 31.3 Å². The third kappa shape index (κ3) is 6.94. The summed E-state index contributed by atoms with van der Waals surface area (Å²) in [6.45, 7) is 8.17. The van der Waals surface area contributed by atoms with E-state index >= 15 is 0 Å². The van der Waals surface area contributed by atoms with E-state index in [2.05, 4.69) is 33.3 Å². The van der Waals surface area contributed by atoms with Crippen LogP contribution in [0.25, 0.3) is 16.9 Å². The summed E-state index contributed by atoms with van der Waals surface area (Å²) in [4.78, 5) is 20.1. The van der Waals surface area contributed by atoms with Gasteiger partial charge in [-0.1, -0.05) is 57.5 Å². The number of phenolic OH excluding ortho intramolecular Hbond substituents is 1. The number of aromatic hydroxyl groups is 1. The molecule has 40 heavy (non-hydrogen) atoms. The second-order valence-electron chi connectivity index (χ2n) is 9.65. The van der Waals surface area contributed by atoms with Crippen LogP contribution in [0, 0.1) is 5.92 Å². The van der Waals surface area contributed by atoms with Gasteiger partial charge in [0.15, 0.2) is 11.8 Å². The molecule has 2 aromatic heterocycles. The molecule has 0 aliphatic carbocycles. The molecule has 1 aliphatic heterocycles. The van der Waals surface area contributed by atoms with Crippen molar-refractivity contribution in [2.75, 3.05) is 25.0 Å². The van der Waals surface area contributed by atoms with Gasteiger partial charge >= 0.3 is 0 Å². The highest BCUT2D eigenvalue weighted by atomic mass is 79.9. The SMILES string of the molecule is CC.CCCC(Oc1ccccc1)C(=O)N1CCCC(CNc2cc(-c3ccccc3O)nc3c(Br)cnn23)C1. The number of phenols is 1. The molecule has 0 saturated carbocycles. The molecule has 1 saturated heterocycles. The molecule has 2 aromatic carbocycles. The van der Waals surface area contributed by atoms with E-state index in [4.69, 9.17) is 9.72 Å². The molecule has 3 heterocycles. The van der Waals surface area contributed by atoms with Crippen LogP contribution in [0.3, 0.4) is 0 Å². The first kappa shape index (κ1) is 29.4. The molecule has 2 N–H and O–H groups in total. The highest BCUT2D eigenvalue weighted by molar-refractivity contribution is 9.10. The number of nitrogens with one attached hydrogen (secondary N) is 1. The molecular formula is C31H38BrN5O3. The molecule has 1 amide bonds. The molecule has 1 aliphatic rings. The van der Waals surface area contributed by atoms with Crippen molar-refractivity contribution in [3.8, 4) is 22.8 Å². The molecule has 2 unspecified atom stereocenters. The van der Waals surface area contributed by atoms with Gasteiger partial charge < -0.3 is 20.1 Å². The number of piperidine rings is 1. The molecule has 0 radical (unpaired) electrons. The largest absolute Gasteiger partial charge is 0.507 e. The molecule has 0 bridgehead atoms. The number of halogens is 1. The van der Waals surface area contributed by atoms with E-state index in [0.29, 0.717) is 36.4 Å². The number of rotatable bonds is 9. The predicted octanol–water partition coefficient (Wildman–Crippen LogP) is 6.79. The Balaban J connectivity index is 0.00000181. The van der Waals surface area contributed by atoms with E-state index in [9.17, 15) is 9.90 Å². The van der Waals surface area contributed by atoms with Crippen molar-refractivity contribution >= 4 is 33.3 Å². The van der Waals surface area contributed by atoms with E-state index < -0.39 is 6.10 Å². The average molecular weight is 609 g/mol. The number of carbonyl (C=O) groups is 1. The number of para-hydroxylation sites is 2. The number of ether oxygens (including phenoxy) is 1. The normalized spacial score (nSPS) is 15.7. The van der Waals surface area contributed by atoms with Gasteiger partial charge in [0.2, 0.25) is 0 Å². The van der Waals surface area contributed by atoms with Crippen molar-refractivity contribution in [2.24, 2.45) is 5.92 Å². The molecule has 2 atom stereocenters. The zero-order chi connectivity index (χ0) is 28.5. The number of fused-ring (bicyclic) bond motifs is 1. The standard InChI is InChI=1S/C29H32BrN5O3.C2H6/c1-2-9-26(38-21-11-4-3-5-12-21)29(37)34-15-8-10-20(19-34)17-31-27-16-24(22-13-6-7-14-25(22)36)33-28-23(30)18-32-35(27)28;1-2/h3-7,11-14,16,18,20,26,31,36H,2,8-10,15,17,19H2,1H3;1-2H3. The maximum atomic E-state index is 13.5. The van der Waals surface area contributed by atoms with Gasteiger partial charge in [-0.3, -0.25) is 4.79 Å². The van der Waals surface area contributed by atoms with Gasteiger partial charge in [-0.15, -0.1) is 0 Å². The third-order valence-electron chi connectivity index (χ3n) is 6.86. The number of amides is 1. The number of hydrogen-bond donors (Lipinski definition) is 2. The number of carbonyl (C=O) groups excluding carboxylic acids is 1. The number of nitrogens with zero attached hydrogens (tertiary/aromatic N) is 4. The number of benzene rings is 2. The van der Waals surface area contributed by atoms with Crippen molar-refractivity contribution in [1.29, 1.82) is 0 Å². The van der Waals surface area contributed by atoms with Crippen molar-refractivity contribution in [3.05, 3.63) is 71.3 Å². The minimum atomic E-state index is -0.475. The van der Waals surface area contributed by atoms with Gasteiger partial charge in [-0.2, -0.15) is 9.61 Å². The molecule has 9 heteroatoms. The topological polar surface area (TPSA) is 92.0 Å². The Hall–Kier alpha value is -3.59. The lowest BCUT2D eigenvalue weighted by Crippen LogP contribution is -2.47. The summed E-state index contributed by atoms with van der Waals surface area (Å²) in [7, 11) is 0. The van der Waals surface area contributed by atoms with Gasteiger partial charge in [0.05, 0.1) is 16.4 Å². The summed E-state index contributed by atoms with van der Waals surface area (Å²) in [6, 6.07) is 18.6. The Kier molecular flexibility index (Phi) is 10.4. The van der Waals surface area contributed by atoms with E-state index in [-0.39, 0.29) is 17.6 Å². The summed E-state index contributed by atoms with van der Waals surface area (Å²) in [5, 5.41) is 18.4. The Morgan fingerprint density at radius 2 is 1.93 bits per heavy atom. The first-order valence-electron chi connectivity index (χ1n) is 14.1. The van der Waals surface area contributed by atoms with Crippen LogP contribution in [-0.2, 0) is 4.79 Å². The number of anilines is 1. The Morgan fingerprint density at radius 3 is 2.67 bits per heavy atom. The fourth-order valence-electron chi connectivity index (χ4n) is 4.93. The van der Waals surface area contributed by atoms with Crippen LogP contribution in [0.1, 0.15) is 46.5 Å². The van der Waals surface area contributed by atoms with Gasteiger partial charge in [-0.25, -0.2) is 4.98 Å². The highest BCUT2D eigenvalue weighted by Gasteiger charge is 2.30. The average Bonchev–Trinajstić information content (AvgIpc) is 3.37. The van der Waals surface area contributed by atoms with Crippen molar-refractivity contribution < 1.29 is 14.6 Å². The van der Waals surface area contributed by atoms with E-state index in [1.807, 2.05) is 67.3 Å². The lowest BCUT2D eigenvalue weighted by atomic mass is 9.97. The number of likely N-dealkylation sites (tertiary alicyclic amines) is 1. The van der Waals surface area contributed by atoms with E-state index in [1.54, 1.807) is 22.8 Å². The summed E-state index contributed by atoms with van der Waals surface area (Å²) < 4.78 is 8.62. The van der Waals surface area contributed by atoms with E-state index in [0.717, 1.165) is 41.8 Å². The van der Waals surface area contributed by atoms with Crippen LogP contribution in [0.4, 0.5) is 5.82 Å². The quantitative estimate of drug-likeness (QED) is 0.218. The predicted molar refractivity (Wildman–Crippen MR) is 163 cm³/mol. The highest BCUT2D eigenvalue weighted by Crippen LogP contribution is 2.31. The molecule has 0 spiro atoms. The summed E-state index contributed by atoms with van der Waals surface area (Å²) in [6.07, 6.45) is 4.77. The number of hydrogen-bond acceptors (Lipinski definition) is 6. The molecule has 8 nitrogen and oxygen atoms in total. The first-order valence-corrected chi connectivity index (χ1v) is 14.9. The maximum Gasteiger partial charge on any atom is 0.263 e. The van der Waals surface area contributed by atoms with Crippen LogP contribution in [0.15, 0.2) is 71.3 Å². The van der Waals surface area contributed by atoms with Crippen LogP contribution < -0.4 is 10.1 Å². The van der Waals surface area contributed by atoms with Gasteiger partial charge in [0.25, 0.3) is 5.91 Å². The zero-order valence-corrected chi connectivity index (χ0v) is 25.0. The van der Waals surface area contributed by atoms with Crippen LogP contribution in [0.5, 0.6) is 11.5 Å². The summed E-state index contributed by atoms with van der Waals surface area (Å²) >= 11 is 3.54. The minimum absolute atomic E-state index is 0.0598. The van der Waals surface area contributed by atoms with Crippen LogP contribution in [0.2, 0.25) is 0 Å². The Labute approximate surface area is 244 Å². The Morgan fingerprint density at radius 1 is 1.18 bits per heavy atom. The maximum absolute atomic E-state index is 13.5. The van der Waals surface area contributed by atoms with Crippen LogP contribution >= 0.6 is 15.9 Å². The van der Waals surface area contributed by atoms with Gasteiger partial charge in [0.1, 0.15) is 17.3 Å². The smallest absolute Gasteiger partial charge is 0.263 e. The first-order chi connectivity index (χ1) is 19.5. The molecule has 212 valence electrons. The van der Waals surface area contributed by atoms with Crippen molar-refractivity contribution in [2.45, 2.75) is 52.6 Å². The second-order valence-corrected chi connectivity index (χ2v) is 10.5. The molecule has 4 aromatic rings. The van der Waals surface area contributed by atoms with Crippen LogP contribution in [-0.4, -0.2) is 56.2 Å².